The van der Waals surface area contributed by atoms with E-state index in [1.807, 2.05) is 4.90 Å². The van der Waals surface area contributed by atoms with E-state index >= 15 is 0 Å². The Morgan fingerprint density at radius 1 is 0.964 bits per heavy atom. The summed E-state index contributed by atoms with van der Waals surface area (Å²) in [5.74, 6) is 1.03. The lowest BCUT2D eigenvalue weighted by molar-refractivity contribution is 0.0628. The highest BCUT2D eigenvalue weighted by atomic mass is 16.5. The van der Waals surface area contributed by atoms with Crippen molar-refractivity contribution in [1.82, 2.24) is 9.80 Å². The minimum absolute atomic E-state index is 0.0872. The normalized spacial score (nSPS) is 14.8. The lowest BCUT2D eigenvalue weighted by atomic mass is 10.1. The molecular weight excluding hydrogens is 350 g/mol. The van der Waals surface area contributed by atoms with E-state index in [1.165, 1.54) is 18.4 Å². The van der Waals surface area contributed by atoms with E-state index in [0.29, 0.717) is 11.3 Å². The minimum atomic E-state index is 0.0872. The number of ether oxygens (including phenoxy) is 1. The average Bonchev–Trinajstić information content (AvgIpc) is 2.73. The highest BCUT2D eigenvalue weighted by molar-refractivity contribution is 5.94. The molecule has 0 radical (unpaired) electrons. The number of carbonyl (C=O) groups is 1. The molecule has 5 heteroatoms. The first kappa shape index (κ1) is 20.2. The molecule has 1 heterocycles. The summed E-state index contributed by atoms with van der Waals surface area (Å²) in [5.41, 5.74) is 8.36. The highest BCUT2D eigenvalue weighted by Gasteiger charge is 2.22. The molecule has 1 aliphatic heterocycles. The van der Waals surface area contributed by atoms with Crippen LogP contribution < -0.4 is 10.5 Å². The van der Waals surface area contributed by atoms with Crippen LogP contribution in [0.1, 0.15) is 42.1 Å². The number of nitrogens with zero attached hydrogens (tertiary/aromatic N) is 2. The first-order valence-electron chi connectivity index (χ1n) is 10.2. The molecule has 0 atom stereocenters. The first-order valence-corrected chi connectivity index (χ1v) is 10.2. The molecule has 0 bridgehead atoms. The maximum atomic E-state index is 12.6. The van der Waals surface area contributed by atoms with E-state index in [4.69, 9.17) is 10.5 Å². The van der Waals surface area contributed by atoms with E-state index in [0.717, 1.165) is 51.5 Å². The standard InChI is InChI=1S/C23H31N3O2/c1-2-3-4-17-28-22-11-5-19(6-12-22)18-25-13-15-26(16-14-25)23(27)20-7-9-21(24)10-8-20/h5-12H,2-4,13-18,24H2,1H3. The van der Waals surface area contributed by atoms with Crippen molar-refractivity contribution < 1.29 is 9.53 Å². The number of hydrogen-bond acceptors (Lipinski definition) is 4. The smallest absolute Gasteiger partial charge is 0.253 e. The summed E-state index contributed by atoms with van der Waals surface area (Å²) in [5, 5.41) is 0. The van der Waals surface area contributed by atoms with Gasteiger partial charge in [0.05, 0.1) is 6.61 Å². The number of carbonyl (C=O) groups excluding carboxylic acids is 1. The van der Waals surface area contributed by atoms with Crippen LogP contribution in [0.4, 0.5) is 5.69 Å². The number of hydrogen-bond donors (Lipinski definition) is 1. The fourth-order valence-corrected chi connectivity index (χ4v) is 3.41. The van der Waals surface area contributed by atoms with E-state index < -0.39 is 0 Å². The van der Waals surface area contributed by atoms with E-state index in [-0.39, 0.29) is 5.91 Å². The Morgan fingerprint density at radius 3 is 2.29 bits per heavy atom. The van der Waals surface area contributed by atoms with Crippen molar-refractivity contribution in [3.8, 4) is 5.75 Å². The number of nitrogens with two attached hydrogens (primary N) is 1. The maximum absolute atomic E-state index is 12.6. The van der Waals surface area contributed by atoms with Crippen molar-refractivity contribution in [1.29, 1.82) is 0 Å². The summed E-state index contributed by atoms with van der Waals surface area (Å²) in [6, 6.07) is 15.6. The molecule has 1 saturated heterocycles. The number of rotatable bonds is 8. The summed E-state index contributed by atoms with van der Waals surface area (Å²) >= 11 is 0. The van der Waals surface area contributed by atoms with Gasteiger partial charge in [0.2, 0.25) is 0 Å². The molecule has 0 saturated carbocycles. The topological polar surface area (TPSA) is 58.8 Å². The lowest BCUT2D eigenvalue weighted by Crippen LogP contribution is -2.48. The van der Waals surface area contributed by atoms with E-state index in [1.54, 1.807) is 24.3 Å². The van der Waals surface area contributed by atoms with Crippen LogP contribution in [-0.4, -0.2) is 48.5 Å². The zero-order valence-corrected chi connectivity index (χ0v) is 16.8. The number of nitrogen functional groups attached to an aromatic ring is 1. The maximum Gasteiger partial charge on any atom is 0.253 e. The molecule has 28 heavy (non-hydrogen) atoms. The molecule has 1 amide bonds. The van der Waals surface area contributed by atoms with Gasteiger partial charge in [-0.05, 0) is 48.4 Å². The number of unbranched alkanes of at least 4 members (excludes halogenated alkanes) is 2. The molecule has 0 spiro atoms. The van der Waals surface area contributed by atoms with Crippen molar-refractivity contribution in [3.05, 3.63) is 59.7 Å². The summed E-state index contributed by atoms with van der Waals surface area (Å²) in [4.78, 5) is 16.9. The third-order valence-corrected chi connectivity index (χ3v) is 5.16. The Morgan fingerprint density at radius 2 is 1.64 bits per heavy atom. The molecular formula is C23H31N3O2. The predicted molar refractivity (Wildman–Crippen MR) is 113 cm³/mol. The predicted octanol–water partition coefficient (Wildman–Crippen LogP) is 3.80. The fraction of sp³-hybridized carbons (Fsp3) is 0.435. The highest BCUT2D eigenvalue weighted by Crippen LogP contribution is 2.16. The Labute approximate surface area is 168 Å². The minimum Gasteiger partial charge on any atom is -0.494 e. The van der Waals surface area contributed by atoms with Crippen LogP contribution in [0.2, 0.25) is 0 Å². The van der Waals surface area contributed by atoms with Gasteiger partial charge in [0.15, 0.2) is 0 Å². The lowest BCUT2D eigenvalue weighted by Gasteiger charge is -2.34. The number of amides is 1. The summed E-state index contributed by atoms with van der Waals surface area (Å²) in [6.07, 6.45) is 3.53. The van der Waals surface area contributed by atoms with E-state index in [2.05, 4.69) is 36.1 Å². The quantitative estimate of drug-likeness (QED) is 0.558. The van der Waals surface area contributed by atoms with Gasteiger partial charge in [0.1, 0.15) is 5.75 Å². The molecule has 0 unspecified atom stereocenters. The zero-order chi connectivity index (χ0) is 19.8. The number of benzene rings is 2. The summed E-state index contributed by atoms with van der Waals surface area (Å²) < 4.78 is 5.78. The second-order valence-corrected chi connectivity index (χ2v) is 7.39. The molecule has 1 fully saturated rings. The van der Waals surface area contributed by atoms with Crippen LogP contribution in [0.5, 0.6) is 5.75 Å². The molecule has 3 rings (SSSR count). The van der Waals surface area contributed by atoms with Gasteiger partial charge in [-0.3, -0.25) is 9.69 Å². The van der Waals surface area contributed by atoms with Crippen molar-refractivity contribution in [2.24, 2.45) is 0 Å². The van der Waals surface area contributed by atoms with Crippen LogP contribution in [0.3, 0.4) is 0 Å². The third kappa shape index (κ3) is 5.73. The summed E-state index contributed by atoms with van der Waals surface area (Å²) in [7, 11) is 0. The van der Waals surface area contributed by atoms with Gasteiger partial charge in [-0.15, -0.1) is 0 Å². The Kier molecular flexibility index (Phi) is 7.31. The van der Waals surface area contributed by atoms with E-state index in [9.17, 15) is 4.79 Å². The summed E-state index contributed by atoms with van der Waals surface area (Å²) in [6.45, 7) is 7.16. The van der Waals surface area contributed by atoms with Crippen molar-refractivity contribution >= 4 is 11.6 Å². The van der Waals surface area contributed by atoms with Crippen molar-refractivity contribution in [3.63, 3.8) is 0 Å². The molecule has 150 valence electrons. The monoisotopic (exact) mass is 381 g/mol. The first-order chi connectivity index (χ1) is 13.7. The zero-order valence-electron chi connectivity index (χ0n) is 16.8. The van der Waals surface area contributed by atoms with Crippen LogP contribution >= 0.6 is 0 Å². The van der Waals surface area contributed by atoms with Gasteiger partial charge in [-0.1, -0.05) is 31.9 Å². The van der Waals surface area contributed by atoms with Gasteiger partial charge < -0.3 is 15.4 Å². The van der Waals surface area contributed by atoms with Gasteiger partial charge >= 0.3 is 0 Å². The second kappa shape index (κ2) is 10.1. The molecule has 2 aromatic carbocycles. The van der Waals surface area contributed by atoms with Crippen LogP contribution in [-0.2, 0) is 6.54 Å². The Balaban J connectivity index is 1.43. The molecule has 2 N–H and O–H groups in total. The molecule has 5 nitrogen and oxygen atoms in total. The fourth-order valence-electron chi connectivity index (χ4n) is 3.41. The Bertz CT molecular complexity index is 735. The van der Waals surface area contributed by atoms with Gasteiger partial charge in [-0.2, -0.15) is 0 Å². The SMILES string of the molecule is CCCCCOc1ccc(CN2CCN(C(=O)c3ccc(N)cc3)CC2)cc1. The van der Waals surface area contributed by atoms with Gasteiger partial charge in [0, 0.05) is 44.0 Å². The van der Waals surface area contributed by atoms with Crippen LogP contribution in [0.25, 0.3) is 0 Å². The van der Waals surface area contributed by atoms with Crippen LogP contribution in [0.15, 0.2) is 48.5 Å². The number of piperazine rings is 1. The Hall–Kier alpha value is -2.53. The molecule has 0 aromatic heterocycles. The average molecular weight is 382 g/mol. The molecule has 1 aliphatic rings. The van der Waals surface area contributed by atoms with Crippen molar-refractivity contribution in [2.45, 2.75) is 32.7 Å². The number of anilines is 1. The largest absolute Gasteiger partial charge is 0.494 e. The molecule has 2 aromatic rings. The molecule has 0 aliphatic carbocycles. The van der Waals surface area contributed by atoms with Gasteiger partial charge in [-0.25, -0.2) is 0 Å². The van der Waals surface area contributed by atoms with Crippen molar-refractivity contribution in [2.75, 3.05) is 38.5 Å². The second-order valence-electron chi connectivity index (χ2n) is 7.39. The van der Waals surface area contributed by atoms with Gasteiger partial charge in [0.25, 0.3) is 5.91 Å². The van der Waals surface area contributed by atoms with Crippen LogP contribution in [0, 0.1) is 0 Å². The third-order valence-electron chi connectivity index (χ3n) is 5.16.